The zero-order valence-electron chi connectivity index (χ0n) is 9.77. The molecule has 0 aromatic carbocycles. The molecule has 0 aromatic rings. The molecule has 9 heteroatoms. The predicted octanol–water partition coefficient (Wildman–Crippen LogP) is -0.425. The van der Waals surface area contributed by atoms with Gasteiger partial charge in [-0.15, -0.1) is 0 Å². The van der Waals surface area contributed by atoms with Gasteiger partial charge in [0.1, 0.15) is 20.4 Å². The zero-order chi connectivity index (χ0) is 12.0. The fourth-order valence-corrected chi connectivity index (χ4v) is 0. The van der Waals surface area contributed by atoms with Crippen molar-refractivity contribution in [3.63, 3.8) is 0 Å². The van der Waals surface area contributed by atoms with E-state index in [0.717, 1.165) is 14.2 Å². The molecule has 0 saturated carbocycles. The maximum absolute atomic E-state index is 8.00. The van der Waals surface area contributed by atoms with Crippen LogP contribution in [0.25, 0.3) is 0 Å². The van der Waals surface area contributed by atoms with Gasteiger partial charge in [-0.2, -0.15) is 0 Å². The van der Waals surface area contributed by atoms with Crippen molar-refractivity contribution in [2.75, 3.05) is 14.2 Å². The number of carbonyl (C=O) groups is 3. The van der Waals surface area contributed by atoms with Gasteiger partial charge in [-0.05, 0) is 0 Å². The van der Waals surface area contributed by atoms with Crippen molar-refractivity contribution in [2.24, 2.45) is 0 Å². The maximum Gasteiger partial charge on any atom is 0.106 e. The van der Waals surface area contributed by atoms with E-state index in [2.05, 4.69) is 0 Å². The maximum atomic E-state index is 8.00. The standard InChI is InChI=1S/2CH4O.3CH2O.2CH3.H2O2.2Pd/c5*1-2;;;1-2;;/h2*2H,1H3;3*1H2;2*1H3;1-2H;;/q;;;;;2*-1;;;. The summed E-state index contributed by atoms with van der Waals surface area (Å²) in [5, 5.41) is 26.0. The van der Waals surface area contributed by atoms with Crippen LogP contribution in [0, 0.1) is 14.9 Å². The molecule has 0 fully saturated rings. The first kappa shape index (κ1) is 97.7. The van der Waals surface area contributed by atoms with Gasteiger partial charge in [-0.25, -0.2) is 0 Å². The number of hydrogen-bond donors (Lipinski definition) is 4. The van der Waals surface area contributed by atoms with Crippen LogP contribution in [0.4, 0.5) is 0 Å². The van der Waals surface area contributed by atoms with E-state index >= 15 is 0 Å². The molecule has 0 aliphatic heterocycles. The van der Waals surface area contributed by atoms with Gasteiger partial charge in [0.05, 0.1) is 0 Å². The van der Waals surface area contributed by atoms with Gasteiger partial charge >= 0.3 is 0 Å². The molecule has 0 spiro atoms. The van der Waals surface area contributed by atoms with Crippen molar-refractivity contribution in [3.8, 4) is 0 Å². The number of hydrogen-bond acceptors (Lipinski definition) is 7. The largest absolute Gasteiger partial charge is 0.400 e. The molecule has 0 rings (SSSR count). The molecule has 0 aromatic heterocycles. The fraction of sp³-hybridized carbons (Fsp3) is 0.286. The molecule has 0 saturated heterocycles. The molecule has 0 unspecified atom stereocenters. The topological polar surface area (TPSA) is 132 Å². The van der Waals surface area contributed by atoms with E-state index in [0.29, 0.717) is 0 Å². The van der Waals surface area contributed by atoms with Crippen molar-refractivity contribution in [1.29, 1.82) is 0 Å². The second-order valence-corrected chi connectivity index (χ2v) is 0. The van der Waals surface area contributed by atoms with E-state index in [1.54, 1.807) is 0 Å². The molecule has 7 nitrogen and oxygen atoms in total. The molecule has 0 aliphatic carbocycles. The summed E-state index contributed by atoms with van der Waals surface area (Å²) in [5.41, 5.74) is 0. The van der Waals surface area contributed by atoms with E-state index in [-0.39, 0.29) is 55.7 Å². The smallest absolute Gasteiger partial charge is 0.106 e. The molecule has 0 bridgehead atoms. The summed E-state index contributed by atoms with van der Waals surface area (Å²) in [7, 11) is 2.00. The second-order valence-electron chi connectivity index (χ2n) is 0. The van der Waals surface area contributed by atoms with Gasteiger partial charge in [-0.1, -0.05) is 0 Å². The van der Waals surface area contributed by atoms with Crippen LogP contribution in [-0.4, -0.2) is 55.3 Å². The number of rotatable bonds is 0. The molecule has 0 amide bonds. The Morgan fingerprint density at radius 1 is 0.562 bits per heavy atom. The van der Waals surface area contributed by atoms with E-state index in [4.69, 9.17) is 35.1 Å². The van der Waals surface area contributed by atoms with Crippen LogP contribution in [0.15, 0.2) is 0 Å². The minimum atomic E-state index is 0. The molecule has 114 valence electrons. The third-order valence-electron chi connectivity index (χ3n) is 0. The molecule has 16 heavy (non-hydrogen) atoms. The van der Waals surface area contributed by atoms with Crippen LogP contribution in [-0.2, 0) is 55.2 Å². The Morgan fingerprint density at radius 2 is 0.562 bits per heavy atom. The summed E-state index contributed by atoms with van der Waals surface area (Å²) >= 11 is 0. The Labute approximate surface area is 125 Å². The first-order chi connectivity index (χ1) is 6.00. The van der Waals surface area contributed by atoms with Crippen LogP contribution >= 0.6 is 0 Å². The van der Waals surface area contributed by atoms with Crippen molar-refractivity contribution in [2.45, 2.75) is 0 Å². The number of aliphatic hydroxyl groups is 2. The van der Waals surface area contributed by atoms with Crippen molar-refractivity contribution < 1.29 is 76.0 Å². The van der Waals surface area contributed by atoms with Gasteiger partial charge in [0.2, 0.25) is 0 Å². The molecule has 4 N–H and O–H groups in total. The van der Waals surface area contributed by atoms with Crippen LogP contribution in [0.3, 0.4) is 0 Å². The molecular weight excluding hydrogens is 409 g/mol. The van der Waals surface area contributed by atoms with Gasteiger partial charge in [0.25, 0.3) is 0 Å². The summed E-state index contributed by atoms with van der Waals surface area (Å²) < 4.78 is 0. The summed E-state index contributed by atoms with van der Waals surface area (Å²) in [6.07, 6.45) is 0. The van der Waals surface area contributed by atoms with Gasteiger partial charge in [0, 0.05) is 55.1 Å². The van der Waals surface area contributed by atoms with Gasteiger partial charge < -0.3 is 39.4 Å². The van der Waals surface area contributed by atoms with Crippen LogP contribution in [0.1, 0.15) is 0 Å². The Bertz CT molecular complexity index is 27.5. The number of carbonyl (C=O) groups excluding carboxylic acids is 3. The van der Waals surface area contributed by atoms with E-state index in [1.165, 1.54) is 0 Å². The first-order valence-corrected chi connectivity index (χ1v) is 1.96. The average Bonchev–Trinajstić information content (AvgIpc) is 2.33. The summed E-state index contributed by atoms with van der Waals surface area (Å²) in [6, 6.07) is 0. The van der Waals surface area contributed by atoms with Crippen LogP contribution in [0.2, 0.25) is 0 Å². The van der Waals surface area contributed by atoms with E-state index < -0.39 is 0 Å². The minimum absolute atomic E-state index is 0. The summed E-state index contributed by atoms with van der Waals surface area (Å²) in [6.45, 7) is 6.00. The fourth-order valence-electron chi connectivity index (χ4n) is 0. The third-order valence-corrected chi connectivity index (χ3v) is 0. The van der Waals surface area contributed by atoms with Crippen molar-refractivity contribution >= 4 is 20.4 Å². The molecule has 0 heterocycles. The average molecular weight is 431 g/mol. The molecule has 0 radical (unpaired) electrons. The summed E-state index contributed by atoms with van der Waals surface area (Å²) in [4.78, 5) is 24.0. The zero-order valence-corrected chi connectivity index (χ0v) is 12.9. The molecular formula is C7H22O7Pd2-2. The quantitative estimate of drug-likeness (QED) is 0.177. The monoisotopic (exact) mass is 430 g/mol. The normalized spacial score (nSPS) is 1.88. The Hall–Kier alpha value is 0.175. The Kier molecular flexibility index (Phi) is 610000. The Balaban J connectivity index is -0.00000000321. The minimum Gasteiger partial charge on any atom is -0.400 e. The number of aliphatic hydroxyl groups excluding tert-OH is 2. The summed E-state index contributed by atoms with van der Waals surface area (Å²) in [5.74, 6) is 0. The van der Waals surface area contributed by atoms with Crippen molar-refractivity contribution in [3.05, 3.63) is 14.9 Å². The molecule has 0 atom stereocenters. The second kappa shape index (κ2) is 99900. The van der Waals surface area contributed by atoms with Crippen molar-refractivity contribution in [1.82, 2.24) is 0 Å². The van der Waals surface area contributed by atoms with E-state index in [1.807, 2.05) is 20.4 Å². The van der Waals surface area contributed by atoms with Crippen LogP contribution in [0.5, 0.6) is 0 Å². The third kappa shape index (κ3) is 80600. The molecule has 0 aliphatic rings. The predicted molar refractivity (Wildman–Crippen MR) is 55.7 cm³/mol. The Morgan fingerprint density at radius 3 is 0.562 bits per heavy atom. The first-order valence-electron chi connectivity index (χ1n) is 1.96. The van der Waals surface area contributed by atoms with Gasteiger partial charge in [-0.3, -0.25) is 10.5 Å². The SMILES string of the molecule is C=O.C=O.C=O.CO.CO.OO.[CH3-].[CH3-].[Pd].[Pd]. The van der Waals surface area contributed by atoms with Gasteiger partial charge in [0.15, 0.2) is 0 Å². The van der Waals surface area contributed by atoms with Crippen LogP contribution < -0.4 is 0 Å². The van der Waals surface area contributed by atoms with E-state index in [9.17, 15) is 0 Å².